The molecule has 2 unspecified atom stereocenters. The topological polar surface area (TPSA) is 0 Å². The molecule has 0 amide bonds. The van der Waals surface area contributed by atoms with E-state index < -0.39 is 10.3 Å². The lowest BCUT2D eigenvalue weighted by atomic mass is 9.52. The van der Waals surface area contributed by atoms with Gasteiger partial charge in [-0.1, -0.05) is 169 Å². The molecule has 6 aromatic carbocycles. The maximum atomic E-state index is 8.50. The summed E-state index contributed by atoms with van der Waals surface area (Å²) in [6, 6.07) is 55.1. The Hall–Kier alpha value is -6.28. The number of halogens is 2. The van der Waals surface area contributed by atoms with E-state index >= 15 is 0 Å². The molecule has 262 valence electrons. The van der Waals surface area contributed by atoms with E-state index in [-0.39, 0.29) is 0 Å². The highest BCUT2D eigenvalue weighted by Crippen LogP contribution is 2.76. The quantitative estimate of drug-likeness (QED) is 0.116. The second kappa shape index (κ2) is 12.1. The maximum Gasteiger partial charge on any atom is 0.0820 e. The number of fused-ring (bicyclic) bond motifs is 10. The normalized spacial score (nSPS) is 20.7. The van der Waals surface area contributed by atoms with E-state index in [0.29, 0.717) is 0 Å². The van der Waals surface area contributed by atoms with Crippen molar-refractivity contribution in [1.82, 2.24) is 0 Å². The maximum absolute atomic E-state index is 8.50. The van der Waals surface area contributed by atoms with Gasteiger partial charge in [-0.2, -0.15) is 0 Å². The average Bonchev–Trinajstić information content (AvgIpc) is 3.86. The Bertz CT molecular complexity index is 3050. The van der Waals surface area contributed by atoms with Gasteiger partial charge >= 0.3 is 0 Å². The zero-order chi connectivity index (χ0) is 37.8. The van der Waals surface area contributed by atoms with E-state index in [1.54, 1.807) is 0 Å². The van der Waals surface area contributed by atoms with E-state index in [1.807, 2.05) is 48.5 Å². The molecule has 0 aromatic heterocycles. The molecule has 5 aliphatic carbocycles. The first-order valence-electron chi connectivity index (χ1n) is 19.0. The van der Waals surface area contributed by atoms with E-state index in [9.17, 15) is 0 Å². The lowest BCUT2D eigenvalue weighted by Crippen LogP contribution is -2.47. The van der Waals surface area contributed by atoms with E-state index in [2.05, 4.69) is 147 Å². The molecule has 2 atom stereocenters. The van der Waals surface area contributed by atoms with Gasteiger partial charge < -0.3 is 0 Å². The van der Waals surface area contributed by atoms with Crippen LogP contribution in [0.5, 0.6) is 0 Å². The van der Waals surface area contributed by atoms with Crippen LogP contribution < -0.4 is 0 Å². The van der Waals surface area contributed by atoms with Crippen LogP contribution in [0.25, 0.3) is 38.5 Å². The van der Waals surface area contributed by atoms with Gasteiger partial charge in [0.2, 0.25) is 0 Å². The summed E-state index contributed by atoms with van der Waals surface area (Å²) < 4.78 is 0. The first-order chi connectivity index (χ1) is 27.4. The minimum atomic E-state index is -0.947. The predicted molar refractivity (Wildman–Crippen MR) is 234 cm³/mol. The molecular weight excluding hydrogens is 719 g/mol. The number of hydrogen-bond acceptors (Lipinski definition) is 0. The molecule has 0 heterocycles. The highest BCUT2D eigenvalue weighted by molar-refractivity contribution is 6.55. The Morgan fingerprint density at radius 1 is 0.393 bits per heavy atom. The van der Waals surface area contributed by atoms with Crippen LogP contribution in [0.3, 0.4) is 0 Å². The summed E-state index contributed by atoms with van der Waals surface area (Å²) in [5, 5.41) is 0.791. The van der Waals surface area contributed by atoms with Crippen LogP contribution in [-0.4, -0.2) is 4.87 Å². The van der Waals surface area contributed by atoms with Crippen molar-refractivity contribution in [2.24, 2.45) is 5.41 Å². The van der Waals surface area contributed by atoms with Gasteiger partial charge in [-0.3, -0.25) is 0 Å². The molecule has 2 heteroatoms. The van der Waals surface area contributed by atoms with Gasteiger partial charge in [0.15, 0.2) is 0 Å². The number of allylic oxidation sites excluding steroid dienone is 9. The summed E-state index contributed by atoms with van der Waals surface area (Å²) in [5.41, 5.74) is 20.3. The van der Waals surface area contributed by atoms with Crippen molar-refractivity contribution >= 4 is 61.7 Å². The minimum absolute atomic E-state index is 0.708. The monoisotopic (exact) mass is 750 g/mol. The van der Waals surface area contributed by atoms with Crippen molar-refractivity contribution in [1.29, 1.82) is 0 Å². The van der Waals surface area contributed by atoms with Gasteiger partial charge in [-0.05, 0) is 111 Å². The lowest BCUT2D eigenvalue weighted by molar-refractivity contribution is 0.442. The standard InChI is InChI=1S/C54H32Cl2/c1-53-49(36-21-7-4-8-22-36)46-41-27-15-16-28-43(41)52(55)48(46)47-40-26-14-13-25-39(40)45(51(47)53)44-38-24-12-11-23-37(38)42(50(44)54(53,2)56)32-31-35-20-10-9-19-34(35)30-29-33-17-5-3-6-18-33/h3-28H,1-2H3. The van der Waals surface area contributed by atoms with Crippen LogP contribution in [0.4, 0.5) is 0 Å². The number of rotatable bonds is 1. The summed E-state index contributed by atoms with van der Waals surface area (Å²) in [6.45, 7) is 4.59. The van der Waals surface area contributed by atoms with Crippen LogP contribution >= 0.6 is 23.2 Å². The molecule has 0 N–H and O–H groups in total. The molecule has 0 saturated carbocycles. The van der Waals surface area contributed by atoms with Gasteiger partial charge in [0.05, 0.1) is 9.91 Å². The molecule has 6 aromatic rings. The molecule has 0 spiro atoms. The molecular formula is C54H32Cl2. The van der Waals surface area contributed by atoms with Crippen molar-refractivity contribution in [3.63, 3.8) is 0 Å². The van der Waals surface area contributed by atoms with Gasteiger partial charge in [-0.15, -0.1) is 11.6 Å². The van der Waals surface area contributed by atoms with Crippen molar-refractivity contribution < 1.29 is 0 Å². The third-order valence-electron chi connectivity index (χ3n) is 12.4. The van der Waals surface area contributed by atoms with E-state index in [4.69, 9.17) is 23.2 Å². The number of benzene rings is 6. The molecule has 0 radical (unpaired) electrons. The summed E-state index contributed by atoms with van der Waals surface area (Å²) >= 11 is 16.1. The van der Waals surface area contributed by atoms with Crippen LogP contribution in [0.1, 0.15) is 69.5 Å². The average molecular weight is 752 g/mol. The third-order valence-corrected chi connectivity index (χ3v) is 13.4. The van der Waals surface area contributed by atoms with Crippen molar-refractivity contribution in [3.8, 4) is 23.7 Å². The van der Waals surface area contributed by atoms with Gasteiger partial charge in [0.1, 0.15) is 0 Å². The van der Waals surface area contributed by atoms with Crippen LogP contribution in [-0.2, 0) is 0 Å². The molecule has 0 nitrogen and oxygen atoms in total. The van der Waals surface area contributed by atoms with Crippen LogP contribution in [0, 0.1) is 29.1 Å². The van der Waals surface area contributed by atoms with Gasteiger partial charge in [-0.25, -0.2) is 0 Å². The first kappa shape index (κ1) is 33.1. The lowest BCUT2D eigenvalue weighted by Gasteiger charge is -2.53. The van der Waals surface area contributed by atoms with E-state index in [1.165, 1.54) is 39.0 Å². The zero-order valence-corrected chi connectivity index (χ0v) is 32.3. The fourth-order valence-electron chi connectivity index (χ4n) is 9.90. The van der Waals surface area contributed by atoms with Crippen LogP contribution in [0.15, 0.2) is 174 Å². The predicted octanol–water partition coefficient (Wildman–Crippen LogP) is 13.2. The summed E-state index contributed by atoms with van der Waals surface area (Å²) in [5.74, 6) is 14.1. The molecule has 0 bridgehead atoms. The third kappa shape index (κ3) is 4.35. The second-order valence-corrected chi connectivity index (χ2v) is 16.4. The highest BCUT2D eigenvalue weighted by atomic mass is 35.5. The fraction of sp³-hybridized carbons (Fsp3) is 0.0741. The summed E-state index contributed by atoms with van der Waals surface area (Å²) in [6.07, 6.45) is 0. The fourth-order valence-corrected chi connectivity index (χ4v) is 10.6. The van der Waals surface area contributed by atoms with Crippen molar-refractivity contribution in [3.05, 3.63) is 230 Å². The second-order valence-electron chi connectivity index (χ2n) is 15.2. The minimum Gasteiger partial charge on any atom is -0.113 e. The van der Waals surface area contributed by atoms with E-state index in [0.717, 1.165) is 71.8 Å². The zero-order valence-electron chi connectivity index (χ0n) is 30.8. The molecule has 11 rings (SSSR count). The molecule has 0 saturated heterocycles. The number of hydrogen-bond donors (Lipinski definition) is 0. The molecule has 5 aliphatic rings. The van der Waals surface area contributed by atoms with Gasteiger partial charge in [0, 0.05) is 38.8 Å². The van der Waals surface area contributed by atoms with Crippen molar-refractivity contribution in [2.75, 3.05) is 0 Å². The largest absolute Gasteiger partial charge is 0.113 e. The number of alkyl halides is 1. The van der Waals surface area contributed by atoms with Crippen molar-refractivity contribution in [2.45, 2.75) is 18.7 Å². The SMILES string of the molecule is CC1(Cl)C2=C(C#Cc3ccccc3C#Cc3ccccc3)c3ccccc3C2=C2C3=C(C4=C(Cl)c5ccccc5C4=C(c4ccccc4)C31C)c1ccccc12. The Labute approximate surface area is 337 Å². The van der Waals surface area contributed by atoms with Crippen LogP contribution in [0.2, 0.25) is 0 Å². The first-order valence-corrected chi connectivity index (χ1v) is 19.8. The molecule has 0 aliphatic heterocycles. The molecule has 56 heavy (non-hydrogen) atoms. The summed E-state index contributed by atoms with van der Waals surface area (Å²) in [4.78, 5) is -0.947. The Morgan fingerprint density at radius 2 is 0.839 bits per heavy atom. The Balaban J connectivity index is 1.25. The van der Waals surface area contributed by atoms with Gasteiger partial charge in [0.25, 0.3) is 0 Å². The molecule has 0 fully saturated rings. The summed E-state index contributed by atoms with van der Waals surface area (Å²) in [7, 11) is 0. The Kier molecular flexibility index (Phi) is 7.16. The highest BCUT2D eigenvalue weighted by Gasteiger charge is 2.63. The smallest absolute Gasteiger partial charge is 0.0820 e. The Morgan fingerprint density at radius 3 is 1.48 bits per heavy atom.